The van der Waals surface area contributed by atoms with E-state index in [0.29, 0.717) is 6.42 Å². The minimum absolute atomic E-state index is 0. The molecule has 0 aliphatic heterocycles. The molecule has 1 atom stereocenters. The molecule has 2 N–H and O–H groups in total. The number of halogens is 4. The standard InChI is InChI=1S/C6H12F3N.ClH/c1-2-3-4-5(10)6(7,8)9;/h5H,2-4,10H2,1H3;1H/t5-;/m1./s1. The molecular formula is C6H13ClF3N. The highest BCUT2D eigenvalue weighted by molar-refractivity contribution is 5.85. The van der Waals surface area contributed by atoms with Crippen molar-refractivity contribution in [2.45, 2.75) is 38.4 Å². The van der Waals surface area contributed by atoms with Crippen molar-refractivity contribution in [3.05, 3.63) is 0 Å². The largest absolute Gasteiger partial charge is 0.403 e. The molecule has 0 bridgehead atoms. The van der Waals surface area contributed by atoms with Crippen molar-refractivity contribution in [1.29, 1.82) is 0 Å². The van der Waals surface area contributed by atoms with Crippen LogP contribution in [-0.2, 0) is 0 Å². The molecule has 5 heteroatoms. The molecule has 0 saturated carbocycles. The monoisotopic (exact) mass is 191 g/mol. The Morgan fingerprint density at radius 2 is 1.82 bits per heavy atom. The van der Waals surface area contributed by atoms with Gasteiger partial charge in [0.15, 0.2) is 0 Å². The summed E-state index contributed by atoms with van der Waals surface area (Å²) in [6, 6.07) is -1.63. The highest BCUT2D eigenvalue weighted by atomic mass is 35.5. The van der Waals surface area contributed by atoms with Crippen LogP contribution in [0.5, 0.6) is 0 Å². The van der Waals surface area contributed by atoms with Crippen LogP contribution in [0.15, 0.2) is 0 Å². The zero-order valence-electron chi connectivity index (χ0n) is 6.32. The smallest absolute Gasteiger partial charge is 0.320 e. The normalized spacial score (nSPS) is 13.9. The first kappa shape index (κ1) is 13.6. The Hall–Kier alpha value is 0.0400. The Balaban J connectivity index is 0. The van der Waals surface area contributed by atoms with E-state index in [1.807, 2.05) is 6.92 Å². The maximum atomic E-state index is 11.6. The predicted molar refractivity (Wildman–Crippen MR) is 40.8 cm³/mol. The van der Waals surface area contributed by atoms with E-state index < -0.39 is 12.2 Å². The summed E-state index contributed by atoms with van der Waals surface area (Å²) in [6.45, 7) is 1.84. The summed E-state index contributed by atoms with van der Waals surface area (Å²) in [5.74, 6) is 0. The van der Waals surface area contributed by atoms with Gasteiger partial charge in [0.1, 0.15) is 6.04 Å². The van der Waals surface area contributed by atoms with Crippen molar-refractivity contribution < 1.29 is 13.2 Å². The maximum Gasteiger partial charge on any atom is 0.403 e. The summed E-state index contributed by atoms with van der Waals surface area (Å²) in [5, 5.41) is 0. The van der Waals surface area contributed by atoms with Gasteiger partial charge in [-0.25, -0.2) is 0 Å². The lowest BCUT2D eigenvalue weighted by Crippen LogP contribution is -2.36. The van der Waals surface area contributed by atoms with Crippen LogP contribution in [0.4, 0.5) is 13.2 Å². The molecule has 0 amide bonds. The second kappa shape index (κ2) is 5.66. The number of unbranched alkanes of at least 4 members (excludes halogenated alkanes) is 1. The molecule has 0 aliphatic rings. The number of hydrogen-bond acceptors (Lipinski definition) is 1. The van der Waals surface area contributed by atoms with Gasteiger partial charge < -0.3 is 5.73 Å². The molecule has 0 aromatic heterocycles. The molecule has 0 unspecified atom stereocenters. The van der Waals surface area contributed by atoms with Gasteiger partial charge in [-0.1, -0.05) is 19.8 Å². The van der Waals surface area contributed by atoms with E-state index in [-0.39, 0.29) is 18.8 Å². The van der Waals surface area contributed by atoms with Gasteiger partial charge in [-0.05, 0) is 6.42 Å². The molecule has 0 heterocycles. The molecule has 70 valence electrons. The molecule has 1 nitrogen and oxygen atoms in total. The second-order valence-electron chi connectivity index (χ2n) is 2.29. The van der Waals surface area contributed by atoms with Crippen LogP contribution < -0.4 is 5.73 Å². The van der Waals surface area contributed by atoms with E-state index in [9.17, 15) is 13.2 Å². The lowest BCUT2D eigenvalue weighted by Gasteiger charge is -2.14. The third-order valence-corrected chi connectivity index (χ3v) is 1.29. The third-order valence-electron chi connectivity index (χ3n) is 1.29. The minimum Gasteiger partial charge on any atom is -0.320 e. The van der Waals surface area contributed by atoms with E-state index in [0.717, 1.165) is 6.42 Å². The Kier molecular flexibility index (Phi) is 7.01. The highest BCUT2D eigenvalue weighted by Crippen LogP contribution is 2.21. The van der Waals surface area contributed by atoms with Gasteiger partial charge in [0, 0.05) is 0 Å². The van der Waals surface area contributed by atoms with E-state index in [1.165, 1.54) is 0 Å². The van der Waals surface area contributed by atoms with Gasteiger partial charge in [-0.3, -0.25) is 0 Å². The summed E-state index contributed by atoms with van der Waals surface area (Å²) >= 11 is 0. The molecule has 0 aromatic rings. The molecule has 0 aliphatic carbocycles. The van der Waals surface area contributed by atoms with Crippen molar-refractivity contribution in [3.63, 3.8) is 0 Å². The van der Waals surface area contributed by atoms with Crippen molar-refractivity contribution in [1.82, 2.24) is 0 Å². The molecule has 11 heavy (non-hydrogen) atoms. The summed E-state index contributed by atoms with van der Waals surface area (Å²) in [5.41, 5.74) is 4.81. The van der Waals surface area contributed by atoms with Gasteiger partial charge in [0.25, 0.3) is 0 Å². The maximum absolute atomic E-state index is 11.6. The summed E-state index contributed by atoms with van der Waals surface area (Å²) in [7, 11) is 0. The van der Waals surface area contributed by atoms with Gasteiger partial charge in [-0.2, -0.15) is 13.2 Å². The molecule has 0 saturated heterocycles. The van der Waals surface area contributed by atoms with Crippen LogP contribution in [0.1, 0.15) is 26.2 Å². The van der Waals surface area contributed by atoms with Crippen LogP contribution >= 0.6 is 12.4 Å². The van der Waals surface area contributed by atoms with E-state index in [2.05, 4.69) is 0 Å². The zero-order valence-corrected chi connectivity index (χ0v) is 7.13. The first-order valence-corrected chi connectivity index (χ1v) is 3.30. The second-order valence-corrected chi connectivity index (χ2v) is 2.29. The van der Waals surface area contributed by atoms with Gasteiger partial charge in [-0.15, -0.1) is 12.4 Å². The van der Waals surface area contributed by atoms with E-state index >= 15 is 0 Å². The fourth-order valence-electron chi connectivity index (χ4n) is 0.588. The molecule has 0 fully saturated rings. The summed E-state index contributed by atoms with van der Waals surface area (Å²) in [6.07, 6.45) is -2.88. The Bertz CT molecular complexity index is 94.3. The lowest BCUT2D eigenvalue weighted by molar-refractivity contribution is -0.149. The van der Waals surface area contributed by atoms with Crippen molar-refractivity contribution in [2.24, 2.45) is 5.73 Å². The summed E-state index contributed by atoms with van der Waals surface area (Å²) < 4.78 is 34.9. The Morgan fingerprint density at radius 3 is 2.09 bits per heavy atom. The molecule has 0 spiro atoms. The average molecular weight is 192 g/mol. The molecule has 0 rings (SSSR count). The van der Waals surface area contributed by atoms with Crippen LogP contribution in [0, 0.1) is 0 Å². The third kappa shape index (κ3) is 6.44. The fraction of sp³-hybridized carbons (Fsp3) is 1.00. The van der Waals surface area contributed by atoms with Crippen LogP contribution in [0.3, 0.4) is 0 Å². The Morgan fingerprint density at radius 1 is 1.36 bits per heavy atom. The van der Waals surface area contributed by atoms with Crippen molar-refractivity contribution >= 4 is 12.4 Å². The fourth-order valence-corrected chi connectivity index (χ4v) is 0.588. The first-order valence-electron chi connectivity index (χ1n) is 3.30. The van der Waals surface area contributed by atoms with Crippen LogP contribution in [0.2, 0.25) is 0 Å². The van der Waals surface area contributed by atoms with Gasteiger partial charge >= 0.3 is 6.18 Å². The van der Waals surface area contributed by atoms with Gasteiger partial charge in [0.05, 0.1) is 0 Å². The summed E-state index contributed by atoms with van der Waals surface area (Å²) in [4.78, 5) is 0. The number of hydrogen-bond donors (Lipinski definition) is 1. The van der Waals surface area contributed by atoms with Crippen molar-refractivity contribution in [3.8, 4) is 0 Å². The number of alkyl halides is 3. The topological polar surface area (TPSA) is 26.0 Å². The molecular weight excluding hydrogens is 179 g/mol. The minimum atomic E-state index is -4.21. The number of nitrogens with two attached hydrogens (primary N) is 1. The zero-order chi connectivity index (χ0) is 8.20. The SMILES string of the molecule is CCCC[C@@H](N)C(F)(F)F.Cl. The Labute approximate surface area is 70.6 Å². The van der Waals surface area contributed by atoms with Crippen LogP contribution in [-0.4, -0.2) is 12.2 Å². The van der Waals surface area contributed by atoms with Gasteiger partial charge in [0.2, 0.25) is 0 Å². The molecule has 0 aromatic carbocycles. The number of rotatable bonds is 3. The highest BCUT2D eigenvalue weighted by Gasteiger charge is 2.35. The molecule has 0 radical (unpaired) electrons. The lowest BCUT2D eigenvalue weighted by atomic mass is 10.1. The quantitative estimate of drug-likeness (QED) is 0.729. The average Bonchev–Trinajstić information content (AvgIpc) is 1.80. The predicted octanol–water partition coefficient (Wildman–Crippen LogP) is 2.49. The van der Waals surface area contributed by atoms with E-state index in [4.69, 9.17) is 5.73 Å². The van der Waals surface area contributed by atoms with E-state index in [1.54, 1.807) is 0 Å². The van der Waals surface area contributed by atoms with Crippen molar-refractivity contribution in [2.75, 3.05) is 0 Å². The van der Waals surface area contributed by atoms with Crippen LogP contribution in [0.25, 0.3) is 0 Å². The first-order chi connectivity index (χ1) is 4.48.